The monoisotopic (exact) mass is 364 g/mol. The van der Waals surface area contributed by atoms with E-state index in [1.165, 1.54) is 25.7 Å². The van der Waals surface area contributed by atoms with Gasteiger partial charge >= 0.3 is 41.5 Å². The van der Waals surface area contributed by atoms with E-state index < -0.39 is 11.9 Å². The average Bonchev–Trinajstić information content (AvgIpc) is 2.54. The summed E-state index contributed by atoms with van der Waals surface area (Å²) in [5.74, 6) is -0.962. The molecule has 0 aromatic heterocycles. The molecule has 0 aliphatic carbocycles. The fourth-order valence-corrected chi connectivity index (χ4v) is 2.45. The molecule has 5 heteroatoms. The van der Waals surface area contributed by atoms with Crippen molar-refractivity contribution in [3.05, 3.63) is 12.2 Å². The minimum absolute atomic E-state index is 0. The molecule has 0 heterocycles. The van der Waals surface area contributed by atoms with Gasteiger partial charge in [0.1, 0.15) is 0 Å². The van der Waals surface area contributed by atoms with Crippen LogP contribution in [0.5, 0.6) is 0 Å². The first-order valence-electron chi connectivity index (χ1n) is 9.58. The summed E-state index contributed by atoms with van der Waals surface area (Å²) in [5.41, 5.74) is 0. The molecular weight excluding hydrogens is 327 g/mol. The molecule has 0 aromatic rings. The number of rotatable bonds is 14. The summed E-state index contributed by atoms with van der Waals surface area (Å²) in [5, 5.41) is 0. The molecule has 0 bridgehead atoms. The predicted molar refractivity (Wildman–Crippen MR) is 105 cm³/mol. The zero-order valence-corrected chi connectivity index (χ0v) is 16.0. The van der Waals surface area contributed by atoms with E-state index in [0.717, 1.165) is 50.7 Å². The molecule has 2 unspecified atom stereocenters. The summed E-state index contributed by atoms with van der Waals surface area (Å²) in [4.78, 5) is 23.3. The van der Waals surface area contributed by atoms with Gasteiger partial charge in [-0.25, -0.2) is 9.59 Å². The van der Waals surface area contributed by atoms with Crippen LogP contribution in [0.4, 0.5) is 0 Å². The van der Waals surface area contributed by atoms with E-state index in [1.807, 2.05) is 13.8 Å². The molecule has 0 aromatic carbocycles. The van der Waals surface area contributed by atoms with Crippen LogP contribution in [0.25, 0.3) is 0 Å². The third-order valence-electron chi connectivity index (χ3n) is 3.92. The number of carbonyl (C=O) groups excluding carboxylic acids is 2. The Morgan fingerprint density at radius 2 is 1.08 bits per heavy atom. The van der Waals surface area contributed by atoms with Crippen LogP contribution in [-0.4, -0.2) is 53.7 Å². The Bertz CT molecular complexity index is 335. The molecule has 0 rings (SSSR count). The van der Waals surface area contributed by atoms with Crippen molar-refractivity contribution in [1.29, 1.82) is 0 Å². The third kappa shape index (κ3) is 18.3. The van der Waals surface area contributed by atoms with Crippen molar-refractivity contribution in [3.8, 4) is 0 Å². The topological polar surface area (TPSA) is 52.6 Å². The summed E-state index contributed by atoms with van der Waals surface area (Å²) in [7, 11) is 0. The number of esters is 2. The van der Waals surface area contributed by atoms with E-state index >= 15 is 0 Å². The Morgan fingerprint density at radius 3 is 1.40 bits per heavy atom. The van der Waals surface area contributed by atoms with Gasteiger partial charge in [-0.2, -0.15) is 0 Å². The molecule has 4 nitrogen and oxygen atoms in total. The van der Waals surface area contributed by atoms with E-state index in [2.05, 4.69) is 13.8 Å². The number of unbranched alkanes of at least 4 members (excludes halogenated alkanes) is 6. The van der Waals surface area contributed by atoms with Crippen LogP contribution in [0, 0.1) is 0 Å². The normalized spacial score (nSPS) is 13.1. The Morgan fingerprint density at radius 1 is 0.720 bits per heavy atom. The van der Waals surface area contributed by atoms with Crippen molar-refractivity contribution >= 4 is 41.5 Å². The summed E-state index contributed by atoms with van der Waals surface area (Å²) in [6.45, 7) is 8.10. The van der Waals surface area contributed by atoms with Gasteiger partial charge in [0.2, 0.25) is 0 Å². The second kappa shape index (κ2) is 18.5. The Hall–Kier alpha value is -0.320. The van der Waals surface area contributed by atoms with Crippen molar-refractivity contribution in [2.45, 2.75) is 104 Å². The summed E-state index contributed by atoms with van der Waals surface area (Å²) in [6.07, 6.45) is 13.1. The fourth-order valence-electron chi connectivity index (χ4n) is 2.45. The van der Waals surface area contributed by atoms with Crippen LogP contribution in [-0.2, 0) is 19.1 Å². The third-order valence-corrected chi connectivity index (χ3v) is 3.92. The van der Waals surface area contributed by atoms with Gasteiger partial charge in [-0.05, 0) is 39.5 Å². The molecule has 142 valence electrons. The van der Waals surface area contributed by atoms with Crippen LogP contribution in [0.15, 0.2) is 12.2 Å². The Labute approximate surface area is 176 Å². The van der Waals surface area contributed by atoms with E-state index in [0.29, 0.717) is 0 Å². The molecule has 0 N–H and O–H groups in total. The number of hydrogen-bond donors (Lipinski definition) is 0. The van der Waals surface area contributed by atoms with Crippen LogP contribution in [0.3, 0.4) is 0 Å². The minimum atomic E-state index is -0.481. The summed E-state index contributed by atoms with van der Waals surface area (Å²) < 4.78 is 10.5. The fraction of sp³-hybridized carbons (Fsp3) is 0.800. The second-order valence-corrected chi connectivity index (χ2v) is 6.53. The van der Waals surface area contributed by atoms with Gasteiger partial charge in [-0.3, -0.25) is 0 Å². The zero-order chi connectivity index (χ0) is 18.2. The van der Waals surface area contributed by atoms with Gasteiger partial charge in [0, 0.05) is 12.2 Å². The maximum atomic E-state index is 11.7. The molecule has 0 amide bonds. The molecule has 25 heavy (non-hydrogen) atoms. The molecule has 0 aliphatic heterocycles. The molecule has 0 fully saturated rings. The quantitative estimate of drug-likeness (QED) is 0.194. The molecule has 0 saturated carbocycles. The Balaban J connectivity index is 0. The molecule has 0 radical (unpaired) electrons. The summed E-state index contributed by atoms with van der Waals surface area (Å²) >= 11 is 0. The molecular formula is C20H37NaO4. The Kier molecular flexibility index (Phi) is 19.9. The van der Waals surface area contributed by atoms with E-state index in [1.54, 1.807) is 0 Å². The standard InChI is InChI=1S/C20H36O4.Na.H/c1-5-7-9-11-13-17(3)23-19(21)15-16-20(22)24-18(4)14-12-10-8-6-2;;/h15-18H,5-14H2,1-4H3;;/b16-15-;;. The average molecular weight is 365 g/mol. The van der Waals surface area contributed by atoms with Crippen LogP contribution >= 0.6 is 0 Å². The van der Waals surface area contributed by atoms with Gasteiger partial charge in [0.25, 0.3) is 0 Å². The van der Waals surface area contributed by atoms with Crippen molar-refractivity contribution in [3.63, 3.8) is 0 Å². The number of hydrogen-bond acceptors (Lipinski definition) is 4. The van der Waals surface area contributed by atoms with Crippen LogP contribution in [0.1, 0.15) is 91.9 Å². The van der Waals surface area contributed by atoms with E-state index in [9.17, 15) is 9.59 Å². The second-order valence-electron chi connectivity index (χ2n) is 6.53. The maximum absolute atomic E-state index is 11.7. The van der Waals surface area contributed by atoms with Gasteiger partial charge in [0.05, 0.1) is 12.2 Å². The van der Waals surface area contributed by atoms with Crippen molar-refractivity contribution in [2.24, 2.45) is 0 Å². The van der Waals surface area contributed by atoms with Crippen LogP contribution < -0.4 is 0 Å². The molecule has 2 atom stereocenters. The SMILES string of the molecule is CCCCCCC(C)OC(=O)/C=C\C(=O)OC(C)CCCCCC.[NaH]. The van der Waals surface area contributed by atoms with Gasteiger partial charge in [0.15, 0.2) is 0 Å². The predicted octanol–water partition coefficient (Wildman–Crippen LogP) is 4.70. The number of ether oxygens (including phenoxy) is 2. The van der Waals surface area contributed by atoms with Gasteiger partial charge < -0.3 is 9.47 Å². The first kappa shape index (κ1) is 26.9. The first-order chi connectivity index (χ1) is 11.5. The number of carbonyl (C=O) groups is 2. The van der Waals surface area contributed by atoms with Crippen LogP contribution in [0.2, 0.25) is 0 Å². The van der Waals surface area contributed by atoms with Crippen molar-refractivity contribution in [2.75, 3.05) is 0 Å². The zero-order valence-electron chi connectivity index (χ0n) is 16.0. The van der Waals surface area contributed by atoms with Crippen molar-refractivity contribution in [1.82, 2.24) is 0 Å². The first-order valence-corrected chi connectivity index (χ1v) is 9.58. The van der Waals surface area contributed by atoms with Crippen molar-refractivity contribution < 1.29 is 19.1 Å². The molecule has 0 spiro atoms. The van der Waals surface area contributed by atoms with Gasteiger partial charge in [-0.15, -0.1) is 0 Å². The van der Waals surface area contributed by atoms with E-state index in [-0.39, 0.29) is 41.8 Å². The summed E-state index contributed by atoms with van der Waals surface area (Å²) in [6, 6.07) is 0. The van der Waals surface area contributed by atoms with Gasteiger partial charge in [-0.1, -0.05) is 52.4 Å². The van der Waals surface area contributed by atoms with E-state index in [4.69, 9.17) is 9.47 Å². The molecule has 0 aliphatic rings. The molecule has 0 saturated heterocycles.